The first-order valence-corrected chi connectivity index (χ1v) is 8.58. The third kappa shape index (κ3) is 4.07. The molecule has 7 nitrogen and oxygen atoms in total. The topological polar surface area (TPSA) is 96.7 Å². The highest BCUT2D eigenvalue weighted by Crippen LogP contribution is 2.22. The fourth-order valence-electron chi connectivity index (χ4n) is 2.44. The number of carbonyl (C=O) groups excluding carboxylic acids is 1. The molecular weight excluding hydrogens is 320 g/mol. The van der Waals surface area contributed by atoms with Gasteiger partial charge in [-0.3, -0.25) is 0 Å². The Morgan fingerprint density at radius 1 is 1.39 bits per heavy atom. The highest BCUT2D eigenvalue weighted by atomic mass is 32.2. The number of morpholine rings is 1. The molecule has 8 heteroatoms. The van der Waals surface area contributed by atoms with Crippen LogP contribution in [0.15, 0.2) is 29.2 Å². The maximum atomic E-state index is 12.7. The number of benzene rings is 1. The van der Waals surface area contributed by atoms with E-state index in [9.17, 15) is 13.2 Å². The van der Waals surface area contributed by atoms with Crippen LogP contribution in [-0.4, -0.2) is 50.6 Å². The summed E-state index contributed by atoms with van der Waals surface area (Å²) in [5.74, 6) is -0.729. The Kier molecular flexibility index (Phi) is 5.36. The fraction of sp³-hybridized carbons (Fsp3) is 0.467. The summed E-state index contributed by atoms with van der Waals surface area (Å²) in [7, 11) is -3.72. The Morgan fingerprint density at radius 2 is 2.04 bits per heavy atom. The van der Waals surface area contributed by atoms with E-state index in [-0.39, 0.29) is 42.4 Å². The van der Waals surface area contributed by atoms with Gasteiger partial charge in [-0.1, -0.05) is 6.07 Å². The van der Waals surface area contributed by atoms with E-state index in [4.69, 9.17) is 14.7 Å². The fourth-order valence-corrected chi connectivity index (χ4v) is 4.08. The maximum Gasteiger partial charge on any atom is 0.339 e. The third-order valence-corrected chi connectivity index (χ3v) is 5.19. The van der Waals surface area contributed by atoms with Crippen LogP contribution in [0.1, 0.15) is 24.2 Å². The molecule has 23 heavy (non-hydrogen) atoms. The molecule has 1 heterocycles. The zero-order chi connectivity index (χ0) is 17.0. The quantitative estimate of drug-likeness (QED) is 0.764. The minimum absolute atomic E-state index is 0.0187. The first kappa shape index (κ1) is 17.4. The summed E-state index contributed by atoms with van der Waals surface area (Å²) >= 11 is 0. The van der Waals surface area contributed by atoms with E-state index >= 15 is 0 Å². The second-order valence-electron chi connectivity index (χ2n) is 5.34. The molecule has 2 atom stereocenters. The normalized spacial score (nSPS) is 22.3. The monoisotopic (exact) mass is 338 g/mol. The van der Waals surface area contributed by atoms with Gasteiger partial charge in [0.15, 0.2) is 6.61 Å². The molecule has 124 valence electrons. The Balaban J connectivity index is 2.26. The lowest BCUT2D eigenvalue weighted by atomic mass is 10.2. The molecule has 0 radical (unpaired) electrons. The number of hydrogen-bond donors (Lipinski definition) is 0. The summed E-state index contributed by atoms with van der Waals surface area (Å²) in [5, 5.41) is 8.42. The molecule has 1 aliphatic heterocycles. The van der Waals surface area contributed by atoms with Crippen molar-refractivity contribution < 1.29 is 22.7 Å². The molecule has 1 aliphatic rings. The number of esters is 1. The molecule has 2 rings (SSSR count). The lowest BCUT2D eigenvalue weighted by molar-refractivity contribution is -0.0440. The van der Waals surface area contributed by atoms with Crippen molar-refractivity contribution in [3.8, 4) is 6.07 Å². The van der Waals surface area contributed by atoms with E-state index < -0.39 is 16.0 Å². The molecule has 0 saturated carbocycles. The second-order valence-corrected chi connectivity index (χ2v) is 7.28. The summed E-state index contributed by atoms with van der Waals surface area (Å²) < 4.78 is 37.1. The van der Waals surface area contributed by atoms with Crippen LogP contribution in [0.2, 0.25) is 0 Å². The number of sulfonamides is 1. The van der Waals surface area contributed by atoms with E-state index in [1.807, 2.05) is 13.8 Å². The van der Waals surface area contributed by atoms with Gasteiger partial charge in [0.1, 0.15) is 6.07 Å². The maximum absolute atomic E-state index is 12.7. The number of nitrogens with zero attached hydrogens (tertiary/aromatic N) is 2. The van der Waals surface area contributed by atoms with Crippen LogP contribution < -0.4 is 0 Å². The van der Waals surface area contributed by atoms with Crippen molar-refractivity contribution in [1.82, 2.24) is 4.31 Å². The van der Waals surface area contributed by atoms with E-state index in [0.29, 0.717) is 0 Å². The number of nitriles is 1. The molecule has 0 aliphatic carbocycles. The highest BCUT2D eigenvalue weighted by molar-refractivity contribution is 7.89. The van der Waals surface area contributed by atoms with Crippen LogP contribution in [0.25, 0.3) is 0 Å². The van der Waals surface area contributed by atoms with Gasteiger partial charge in [-0.05, 0) is 32.0 Å². The van der Waals surface area contributed by atoms with Gasteiger partial charge in [0, 0.05) is 13.1 Å². The predicted octanol–water partition coefficient (Wildman–Crippen LogP) is 1.16. The van der Waals surface area contributed by atoms with Crippen molar-refractivity contribution in [3.63, 3.8) is 0 Å². The second kappa shape index (κ2) is 7.08. The average Bonchev–Trinajstić information content (AvgIpc) is 2.51. The molecule has 1 saturated heterocycles. The SMILES string of the molecule is C[C@@H]1CN(S(=O)(=O)c2cccc(C(=O)OCC#N)c2)C[C@H](C)O1. The van der Waals surface area contributed by atoms with Crippen molar-refractivity contribution in [3.05, 3.63) is 29.8 Å². The molecule has 0 amide bonds. The lowest BCUT2D eigenvalue weighted by Crippen LogP contribution is -2.48. The minimum Gasteiger partial charge on any atom is -0.447 e. The molecule has 0 N–H and O–H groups in total. The highest BCUT2D eigenvalue weighted by Gasteiger charge is 2.32. The zero-order valence-corrected chi connectivity index (χ0v) is 13.7. The molecule has 1 aromatic rings. The number of ether oxygens (including phenoxy) is 2. The Labute approximate surface area is 135 Å². The summed E-state index contributed by atoms with van der Waals surface area (Å²) in [4.78, 5) is 11.8. The zero-order valence-electron chi connectivity index (χ0n) is 12.9. The molecule has 0 unspecified atom stereocenters. The molecule has 1 aromatic carbocycles. The Morgan fingerprint density at radius 3 is 2.65 bits per heavy atom. The van der Waals surface area contributed by atoms with Gasteiger partial charge in [-0.15, -0.1) is 0 Å². The van der Waals surface area contributed by atoms with Gasteiger partial charge >= 0.3 is 5.97 Å². The number of rotatable bonds is 4. The number of carbonyl (C=O) groups is 1. The van der Waals surface area contributed by atoms with E-state index in [1.165, 1.54) is 28.6 Å². The Bertz CT molecular complexity index is 716. The largest absolute Gasteiger partial charge is 0.447 e. The third-order valence-electron chi connectivity index (χ3n) is 3.36. The van der Waals surface area contributed by atoms with Gasteiger partial charge in [0.2, 0.25) is 10.0 Å². The van der Waals surface area contributed by atoms with E-state index in [0.717, 1.165) is 0 Å². The van der Waals surface area contributed by atoms with Gasteiger partial charge in [-0.25, -0.2) is 13.2 Å². The summed E-state index contributed by atoms with van der Waals surface area (Å²) in [6, 6.07) is 7.31. The first-order valence-electron chi connectivity index (χ1n) is 7.14. The van der Waals surface area contributed by atoms with Gasteiger partial charge in [0.25, 0.3) is 0 Å². The van der Waals surface area contributed by atoms with E-state index in [2.05, 4.69) is 0 Å². The first-order chi connectivity index (χ1) is 10.8. The van der Waals surface area contributed by atoms with Crippen molar-refractivity contribution in [1.29, 1.82) is 5.26 Å². The van der Waals surface area contributed by atoms with Crippen molar-refractivity contribution in [2.75, 3.05) is 19.7 Å². The van der Waals surface area contributed by atoms with Crippen LogP contribution in [0.3, 0.4) is 0 Å². The van der Waals surface area contributed by atoms with Crippen molar-refractivity contribution in [2.45, 2.75) is 31.0 Å². The standard InChI is InChI=1S/C15H18N2O5S/c1-11-9-17(10-12(2)22-11)23(19,20)14-5-3-4-13(8-14)15(18)21-7-6-16/h3-5,8,11-12H,7,9-10H2,1-2H3/t11-,12+. The number of hydrogen-bond acceptors (Lipinski definition) is 6. The van der Waals surface area contributed by atoms with E-state index in [1.54, 1.807) is 6.07 Å². The van der Waals surface area contributed by atoms with Crippen LogP contribution in [0.5, 0.6) is 0 Å². The van der Waals surface area contributed by atoms with Crippen LogP contribution >= 0.6 is 0 Å². The van der Waals surface area contributed by atoms with Crippen LogP contribution in [0.4, 0.5) is 0 Å². The van der Waals surface area contributed by atoms with Gasteiger partial charge in [0.05, 0.1) is 22.7 Å². The van der Waals surface area contributed by atoms with Gasteiger partial charge in [-0.2, -0.15) is 9.57 Å². The van der Waals surface area contributed by atoms with Crippen molar-refractivity contribution in [2.24, 2.45) is 0 Å². The Hall–Kier alpha value is -1.95. The van der Waals surface area contributed by atoms with Crippen molar-refractivity contribution >= 4 is 16.0 Å². The van der Waals surface area contributed by atoms with Gasteiger partial charge < -0.3 is 9.47 Å². The summed E-state index contributed by atoms with van der Waals surface area (Å²) in [5.41, 5.74) is 0.0932. The van der Waals surface area contributed by atoms with Crippen LogP contribution in [-0.2, 0) is 19.5 Å². The average molecular weight is 338 g/mol. The smallest absolute Gasteiger partial charge is 0.339 e. The molecule has 1 fully saturated rings. The minimum atomic E-state index is -3.72. The molecule has 0 aromatic heterocycles. The van der Waals surface area contributed by atoms with Crippen LogP contribution in [0, 0.1) is 11.3 Å². The molecular formula is C15H18N2O5S. The lowest BCUT2D eigenvalue weighted by Gasteiger charge is -2.34. The molecule has 0 bridgehead atoms. The molecule has 0 spiro atoms. The predicted molar refractivity (Wildman–Crippen MR) is 81.1 cm³/mol. The summed E-state index contributed by atoms with van der Waals surface area (Å²) in [6.45, 7) is 3.77. The summed E-state index contributed by atoms with van der Waals surface area (Å²) in [6.07, 6.45) is -0.394.